The molecule has 156 valence electrons. The molecule has 1 amide bonds. The minimum absolute atomic E-state index is 0.0437. The summed E-state index contributed by atoms with van der Waals surface area (Å²) in [7, 11) is 0. The van der Waals surface area contributed by atoms with Gasteiger partial charge in [-0.2, -0.15) is 0 Å². The van der Waals surface area contributed by atoms with E-state index in [-0.39, 0.29) is 23.3 Å². The lowest BCUT2D eigenvalue weighted by Crippen LogP contribution is -2.47. The second kappa shape index (κ2) is 8.51. The van der Waals surface area contributed by atoms with Gasteiger partial charge in [0.1, 0.15) is 5.82 Å². The number of nitrogens with two attached hydrogens (primary N) is 1. The van der Waals surface area contributed by atoms with Gasteiger partial charge in [0, 0.05) is 69.3 Å². The van der Waals surface area contributed by atoms with Gasteiger partial charge in [-0.3, -0.25) is 9.69 Å². The number of likely N-dealkylation sites (tertiary alicyclic amines) is 1. The van der Waals surface area contributed by atoms with Crippen LogP contribution in [0.4, 0.5) is 0 Å². The van der Waals surface area contributed by atoms with Gasteiger partial charge < -0.3 is 20.4 Å². The van der Waals surface area contributed by atoms with Crippen LogP contribution in [-0.4, -0.2) is 65.3 Å². The first-order valence-corrected chi connectivity index (χ1v) is 10.9. The summed E-state index contributed by atoms with van der Waals surface area (Å²) >= 11 is 0. The molecule has 3 aliphatic rings. The first-order valence-electron chi connectivity index (χ1n) is 10.9. The van der Waals surface area contributed by atoms with Crippen LogP contribution in [0.15, 0.2) is 12.4 Å². The van der Waals surface area contributed by atoms with Gasteiger partial charge in [-0.05, 0) is 45.4 Å². The minimum Gasteiger partial charge on any atom is -0.381 e. The highest BCUT2D eigenvalue weighted by molar-refractivity contribution is 5.79. The number of imidazole rings is 1. The number of aryl methyl sites for hydroxylation is 1. The molecule has 28 heavy (non-hydrogen) atoms. The smallest absolute Gasteiger partial charge is 0.224 e. The molecule has 4 rings (SSSR count). The Labute approximate surface area is 168 Å². The van der Waals surface area contributed by atoms with Crippen molar-refractivity contribution in [2.45, 2.75) is 64.1 Å². The fourth-order valence-electron chi connectivity index (χ4n) is 4.74. The predicted octanol–water partition coefficient (Wildman–Crippen LogP) is 1.31. The van der Waals surface area contributed by atoms with Crippen LogP contribution in [0, 0.1) is 18.3 Å². The third-order valence-electron chi connectivity index (χ3n) is 6.91. The van der Waals surface area contributed by atoms with Crippen molar-refractivity contribution in [2.24, 2.45) is 17.1 Å². The fraction of sp³-hybridized carbons (Fsp3) is 0.810. The molecule has 7 heteroatoms. The molecule has 0 aromatic carbocycles. The van der Waals surface area contributed by atoms with Gasteiger partial charge in [-0.1, -0.05) is 0 Å². The standard InChI is InChI=1S/C21H35N5O2/c1-16-23-8-9-25(16)15-21(6-7-21)14-24-20(27)17-2-3-18(22)13-26(12-17)19-4-10-28-11-5-19/h8-9,17-19H,2-7,10-15,22H2,1H3,(H,24,27)/t17-,18+/m1/s1. The van der Waals surface area contributed by atoms with Gasteiger partial charge in [0.05, 0.1) is 5.92 Å². The van der Waals surface area contributed by atoms with Crippen molar-refractivity contribution >= 4 is 5.91 Å². The third kappa shape index (κ3) is 4.75. The number of amides is 1. The van der Waals surface area contributed by atoms with Gasteiger partial charge in [-0.15, -0.1) is 0 Å². The second-order valence-electron chi connectivity index (χ2n) is 9.15. The van der Waals surface area contributed by atoms with Crippen LogP contribution < -0.4 is 11.1 Å². The first kappa shape index (κ1) is 19.9. The normalized spacial score (nSPS) is 28.6. The highest BCUT2D eigenvalue weighted by Crippen LogP contribution is 2.46. The van der Waals surface area contributed by atoms with Gasteiger partial charge >= 0.3 is 0 Å². The maximum absolute atomic E-state index is 13.0. The zero-order chi connectivity index (χ0) is 19.6. The van der Waals surface area contributed by atoms with E-state index in [0.717, 1.165) is 70.9 Å². The summed E-state index contributed by atoms with van der Waals surface area (Å²) in [4.78, 5) is 19.8. The number of nitrogens with zero attached hydrogens (tertiary/aromatic N) is 3. The Morgan fingerprint density at radius 3 is 2.75 bits per heavy atom. The molecule has 0 unspecified atom stereocenters. The number of hydrogen-bond acceptors (Lipinski definition) is 5. The zero-order valence-corrected chi connectivity index (χ0v) is 17.1. The molecule has 1 aliphatic carbocycles. The molecular weight excluding hydrogens is 354 g/mol. The molecule has 2 aliphatic heterocycles. The molecule has 2 atom stereocenters. The third-order valence-corrected chi connectivity index (χ3v) is 6.91. The SMILES string of the molecule is Cc1nccn1CC1(CNC(=O)[C@@H]2CC[C@H](N)CN(C3CCOCC3)C2)CC1. The molecular formula is C21H35N5O2. The molecule has 0 bridgehead atoms. The van der Waals surface area contributed by atoms with Crippen molar-refractivity contribution in [2.75, 3.05) is 32.8 Å². The average Bonchev–Trinajstić information content (AvgIpc) is 3.40. The molecule has 2 saturated heterocycles. The summed E-state index contributed by atoms with van der Waals surface area (Å²) in [6, 6.07) is 0.673. The Morgan fingerprint density at radius 2 is 2.07 bits per heavy atom. The van der Waals surface area contributed by atoms with Crippen LogP contribution in [0.25, 0.3) is 0 Å². The number of rotatable bonds is 6. The summed E-state index contributed by atoms with van der Waals surface area (Å²) in [6.07, 6.45) is 10.2. The molecule has 1 saturated carbocycles. The topological polar surface area (TPSA) is 85.4 Å². The Morgan fingerprint density at radius 1 is 1.29 bits per heavy atom. The van der Waals surface area contributed by atoms with Crippen molar-refractivity contribution in [1.82, 2.24) is 19.8 Å². The Kier molecular flexibility index (Phi) is 6.04. The van der Waals surface area contributed by atoms with Crippen LogP contribution in [0.5, 0.6) is 0 Å². The minimum atomic E-state index is 0.0437. The summed E-state index contributed by atoms with van der Waals surface area (Å²) in [6.45, 7) is 7.13. The van der Waals surface area contributed by atoms with Crippen molar-refractivity contribution in [1.29, 1.82) is 0 Å². The van der Waals surface area contributed by atoms with Gasteiger partial charge in [0.15, 0.2) is 0 Å². The van der Waals surface area contributed by atoms with Crippen molar-refractivity contribution in [3.8, 4) is 0 Å². The highest BCUT2D eigenvalue weighted by atomic mass is 16.5. The molecule has 1 aromatic rings. The van der Waals surface area contributed by atoms with Gasteiger partial charge in [0.25, 0.3) is 0 Å². The number of aromatic nitrogens is 2. The van der Waals surface area contributed by atoms with Crippen molar-refractivity contribution < 1.29 is 9.53 Å². The van der Waals surface area contributed by atoms with Crippen LogP contribution in [0.3, 0.4) is 0 Å². The molecule has 3 fully saturated rings. The highest BCUT2D eigenvalue weighted by Gasteiger charge is 2.43. The molecule has 0 radical (unpaired) electrons. The van der Waals surface area contributed by atoms with Crippen LogP contribution in [-0.2, 0) is 16.1 Å². The number of nitrogens with one attached hydrogen (secondary N) is 1. The Balaban J connectivity index is 1.32. The van der Waals surface area contributed by atoms with E-state index in [1.165, 1.54) is 12.8 Å². The van der Waals surface area contributed by atoms with E-state index in [2.05, 4.69) is 19.8 Å². The van der Waals surface area contributed by atoms with Crippen molar-refractivity contribution in [3.63, 3.8) is 0 Å². The van der Waals surface area contributed by atoms with E-state index in [1.807, 2.05) is 19.3 Å². The van der Waals surface area contributed by atoms with E-state index >= 15 is 0 Å². The fourth-order valence-corrected chi connectivity index (χ4v) is 4.74. The van der Waals surface area contributed by atoms with E-state index in [9.17, 15) is 4.79 Å². The summed E-state index contributed by atoms with van der Waals surface area (Å²) in [5.41, 5.74) is 6.53. The Hall–Kier alpha value is -1.44. The van der Waals surface area contributed by atoms with E-state index < -0.39 is 0 Å². The van der Waals surface area contributed by atoms with Crippen LogP contribution in [0.2, 0.25) is 0 Å². The Bertz CT molecular complexity index is 666. The largest absolute Gasteiger partial charge is 0.381 e. The lowest BCUT2D eigenvalue weighted by Gasteiger charge is -2.35. The lowest BCUT2D eigenvalue weighted by atomic mass is 9.99. The molecule has 1 aromatic heterocycles. The van der Waals surface area contributed by atoms with Gasteiger partial charge in [-0.25, -0.2) is 4.98 Å². The van der Waals surface area contributed by atoms with Crippen LogP contribution >= 0.6 is 0 Å². The van der Waals surface area contributed by atoms with Crippen LogP contribution in [0.1, 0.15) is 44.3 Å². The molecule has 3 N–H and O–H groups in total. The summed E-state index contributed by atoms with van der Waals surface area (Å²) < 4.78 is 7.72. The quantitative estimate of drug-likeness (QED) is 0.766. The predicted molar refractivity (Wildman–Crippen MR) is 108 cm³/mol. The molecule has 0 spiro atoms. The maximum Gasteiger partial charge on any atom is 0.224 e. The monoisotopic (exact) mass is 389 g/mol. The van der Waals surface area contributed by atoms with E-state index in [0.29, 0.717) is 6.04 Å². The van der Waals surface area contributed by atoms with E-state index in [4.69, 9.17) is 10.5 Å². The number of ether oxygens (including phenoxy) is 1. The lowest BCUT2D eigenvalue weighted by molar-refractivity contribution is -0.126. The van der Waals surface area contributed by atoms with E-state index in [1.54, 1.807) is 0 Å². The number of carbonyl (C=O) groups is 1. The average molecular weight is 390 g/mol. The summed E-state index contributed by atoms with van der Waals surface area (Å²) in [5, 5.41) is 3.29. The molecule has 3 heterocycles. The number of carbonyl (C=O) groups excluding carboxylic acids is 1. The molecule has 7 nitrogen and oxygen atoms in total. The van der Waals surface area contributed by atoms with Crippen molar-refractivity contribution in [3.05, 3.63) is 18.2 Å². The number of hydrogen-bond donors (Lipinski definition) is 2. The van der Waals surface area contributed by atoms with Gasteiger partial charge in [0.2, 0.25) is 5.91 Å². The zero-order valence-electron chi connectivity index (χ0n) is 17.1. The first-order chi connectivity index (χ1) is 13.5. The maximum atomic E-state index is 13.0. The second-order valence-corrected chi connectivity index (χ2v) is 9.15. The summed E-state index contributed by atoms with van der Waals surface area (Å²) in [5.74, 6) is 1.30.